The minimum atomic E-state index is -0.439. The van der Waals surface area contributed by atoms with Gasteiger partial charge in [-0.05, 0) is 58.5 Å². The molecule has 20 heavy (non-hydrogen) atoms. The molecule has 6 heteroatoms. The Balaban J connectivity index is 1.85. The van der Waals surface area contributed by atoms with Crippen molar-refractivity contribution in [3.05, 3.63) is 51.8 Å². The van der Waals surface area contributed by atoms with E-state index in [4.69, 9.17) is 4.74 Å². The van der Waals surface area contributed by atoms with E-state index in [0.29, 0.717) is 25.0 Å². The second-order valence-corrected chi connectivity index (χ2v) is 5.73. The molecule has 3 rings (SSSR count). The Morgan fingerprint density at radius 3 is 2.90 bits per heavy atom. The van der Waals surface area contributed by atoms with Gasteiger partial charge in [0.05, 0.1) is 16.3 Å². The van der Waals surface area contributed by atoms with E-state index in [1.807, 2.05) is 6.07 Å². The van der Waals surface area contributed by atoms with Crippen molar-refractivity contribution in [1.29, 1.82) is 0 Å². The van der Waals surface area contributed by atoms with Gasteiger partial charge in [0.1, 0.15) is 11.6 Å². The fraction of sp³-hybridized carbons (Fsp3) is 0.357. The number of rotatable bonds is 2. The van der Waals surface area contributed by atoms with Gasteiger partial charge in [-0.15, -0.1) is 0 Å². The molecule has 0 saturated carbocycles. The quantitative estimate of drug-likeness (QED) is 0.835. The van der Waals surface area contributed by atoms with Gasteiger partial charge in [0, 0.05) is 12.8 Å². The van der Waals surface area contributed by atoms with Crippen molar-refractivity contribution < 1.29 is 13.5 Å². The monoisotopic (exact) mass is 342 g/mol. The van der Waals surface area contributed by atoms with Crippen LogP contribution in [0.25, 0.3) is 0 Å². The molecular formula is C14H13BrF2N2O. The third kappa shape index (κ3) is 2.62. The van der Waals surface area contributed by atoms with Crippen LogP contribution in [0.15, 0.2) is 28.9 Å². The smallest absolute Gasteiger partial charge is 0.137 e. The molecule has 106 valence electrons. The maximum atomic E-state index is 14.0. The van der Waals surface area contributed by atoms with Crippen LogP contribution < -0.4 is 0 Å². The van der Waals surface area contributed by atoms with Crippen LogP contribution in [0.5, 0.6) is 0 Å². The molecule has 0 amide bonds. The van der Waals surface area contributed by atoms with Crippen molar-refractivity contribution >= 4 is 15.9 Å². The first-order valence-corrected chi connectivity index (χ1v) is 7.19. The second kappa shape index (κ2) is 5.61. The minimum absolute atomic E-state index is 0.0559. The molecule has 3 nitrogen and oxygen atoms in total. The van der Waals surface area contributed by atoms with Gasteiger partial charge in [-0.2, -0.15) is 5.10 Å². The molecule has 0 spiro atoms. The molecule has 0 aliphatic carbocycles. The zero-order chi connectivity index (χ0) is 14.1. The molecular weight excluding hydrogens is 330 g/mol. The van der Waals surface area contributed by atoms with E-state index in [9.17, 15) is 8.78 Å². The molecule has 1 N–H and O–H groups in total. The van der Waals surface area contributed by atoms with E-state index in [-0.39, 0.29) is 22.3 Å². The van der Waals surface area contributed by atoms with Crippen LogP contribution in [0, 0.1) is 11.6 Å². The van der Waals surface area contributed by atoms with Crippen LogP contribution in [0.1, 0.15) is 36.1 Å². The number of ether oxygens (including phenoxy) is 1. The van der Waals surface area contributed by atoms with Gasteiger partial charge < -0.3 is 4.74 Å². The third-order valence-electron chi connectivity index (χ3n) is 3.63. The summed E-state index contributed by atoms with van der Waals surface area (Å²) in [5.41, 5.74) is 1.28. The lowest BCUT2D eigenvalue weighted by molar-refractivity contribution is 0.00217. The van der Waals surface area contributed by atoms with E-state index in [2.05, 4.69) is 26.1 Å². The molecule has 1 aliphatic heterocycles. The summed E-state index contributed by atoms with van der Waals surface area (Å²) >= 11 is 2.99. The molecule has 1 unspecified atom stereocenters. The van der Waals surface area contributed by atoms with Crippen LogP contribution in [0.2, 0.25) is 0 Å². The summed E-state index contributed by atoms with van der Waals surface area (Å²) in [7, 11) is 0. The topological polar surface area (TPSA) is 37.9 Å². The van der Waals surface area contributed by atoms with Crippen LogP contribution >= 0.6 is 15.9 Å². The standard InChI is InChI=1S/C14H13BrF2N2O/c15-10-7-11(16)9(6-12(10)17)8-2-4-20-14(5-8)13-1-3-18-19-13/h1,3,6-8,14H,2,4-5H2,(H,18,19)/t8-,14?/m1/s1. The summed E-state index contributed by atoms with van der Waals surface area (Å²) in [5.74, 6) is -0.876. The Labute approximate surface area is 123 Å². The van der Waals surface area contributed by atoms with Crippen molar-refractivity contribution in [3.63, 3.8) is 0 Å². The largest absolute Gasteiger partial charge is 0.372 e. The normalized spacial score (nSPS) is 22.9. The Morgan fingerprint density at radius 1 is 1.30 bits per heavy atom. The number of hydrogen-bond acceptors (Lipinski definition) is 2. The number of aromatic nitrogens is 2. The predicted molar refractivity (Wildman–Crippen MR) is 73.3 cm³/mol. The second-order valence-electron chi connectivity index (χ2n) is 4.88. The summed E-state index contributed by atoms with van der Waals surface area (Å²) in [4.78, 5) is 0. The molecule has 2 heterocycles. The Hall–Kier alpha value is -1.27. The van der Waals surface area contributed by atoms with Crippen molar-refractivity contribution in [3.8, 4) is 0 Å². The number of H-pyrrole nitrogens is 1. The first-order chi connectivity index (χ1) is 9.65. The highest BCUT2D eigenvalue weighted by Gasteiger charge is 2.28. The van der Waals surface area contributed by atoms with Crippen molar-refractivity contribution in [2.75, 3.05) is 6.61 Å². The van der Waals surface area contributed by atoms with Crippen molar-refractivity contribution in [2.24, 2.45) is 0 Å². The molecule has 2 atom stereocenters. The van der Waals surface area contributed by atoms with E-state index in [1.165, 1.54) is 12.1 Å². The van der Waals surface area contributed by atoms with E-state index in [0.717, 1.165) is 5.69 Å². The van der Waals surface area contributed by atoms with E-state index >= 15 is 0 Å². The fourth-order valence-electron chi connectivity index (χ4n) is 2.59. The van der Waals surface area contributed by atoms with Crippen LogP contribution in [0.3, 0.4) is 0 Å². The lowest BCUT2D eigenvalue weighted by Gasteiger charge is -2.29. The molecule has 1 aromatic carbocycles. The lowest BCUT2D eigenvalue weighted by atomic mass is 9.87. The number of nitrogens with zero attached hydrogens (tertiary/aromatic N) is 1. The Bertz CT molecular complexity index is 603. The van der Waals surface area contributed by atoms with E-state index in [1.54, 1.807) is 6.20 Å². The third-order valence-corrected chi connectivity index (χ3v) is 4.24. The average Bonchev–Trinajstić information content (AvgIpc) is 2.97. The minimum Gasteiger partial charge on any atom is -0.372 e. The van der Waals surface area contributed by atoms with Crippen LogP contribution in [-0.4, -0.2) is 16.8 Å². The number of halogens is 3. The summed E-state index contributed by atoms with van der Waals surface area (Å²) < 4.78 is 33.5. The average molecular weight is 343 g/mol. The highest BCUT2D eigenvalue weighted by Crippen LogP contribution is 2.38. The summed E-state index contributed by atoms with van der Waals surface area (Å²) in [6.45, 7) is 0.519. The number of aromatic amines is 1. The van der Waals surface area contributed by atoms with Gasteiger partial charge >= 0.3 is 0 Å². The lowest BCUT2D eigenvalue weighted by Crippen LogP contribution is -2.20. The molecule has 1 aliphatic rings. The maximum Gasteiger partial charge on any atom is 0.137 e. The molecule has 0 radical (unpaired) electrons. The van der Waals surface area contributed by atoms with Gasteiger partial charge in [-0.1, -0.05) is 0 Å². The maximum absolute atomic E-state index is 14.0. The van der Waals surface area contributed by atoms with Crippen molar-refractivity contribution in [2.45, 2.75) is 24.9 Å². The Morgan fingerprint density at radius 2 is 2.15 bits per heavy atom. The van der Waals surface area contributed by atoms with Gasteiger partial charge in [-0.25, -0.2) is 8.78 Å². The predicted octanol–water partition coefficient (Wildman–Crippen LogP) is 4.09. The highest BCUT2D eigenvalue weighted by atomic mass is 79.9. The first-order valence-electron chi connectivity index (χ1n) is 6.40. The zero-order valence-corrected chi connectivity index (χ0v) is 12.2. The van der Waals surface area contributed by atoms with Crippen molar-refractivity contribution in [1.82, 2.24) is 10.2 Å². The van der Waals surface area contributed by atoms with Gasteiger partial charge in [0.2, 0.25) is 0 Å². The SMILES string of the molecule is Fc1cc([C@@H]2CCOC(c3ccn[nH]3)C2)c(F)cc1Br. The Kier molecular flexibility index (Phi) is 3.85. The fourth-order valence-corrected chi connectivity index (χ4v) is 2.91. The summed E-state index contributed by atoms with van der Waals surface area (Å²) in [6.07, 6.45) is 2.80. The number of hydrogen-bond donors (Lipinski definition) is 1. The summed E-state index contributed by atoms with van der Waals surface area (Å²) in [5, 5.41) is 6.76. The number of benzene rings is 1. The molecule has 2 aromatic rings. The molecule has 1 fully saturated rings. The highest BCUT2D eigenvalue weighted by molar-refractivity contribution is 9.10. The van der Waals surface area contributed by atoms with Gasteiger partial charge in [0.15, 0.2) is 0 Å². The van der Waals surface area contributed by atoms with E-state index < -0.39 is 5.82 Å². The number of nitrogens with one attached hydrogen (secondary N) is 1. The van der Waals surface area contributed by atoms with Crippen LogP contribution in [-0.2, 0) is 4.74 Å². The zero-order valence-electron chi connectivity index (χ0n) is 10.6. The molecule has 1 saturated heterocycles. The molecule has 1 aromatic heterocycles. The van der Waals surface area contributed by atoms with Crippen LogP contribution in [0.4, 0.5) is 8.78 Å². The first kappa shape index (κ1) is 13.7. The van der Waals surface area contributed by atoms with Gasteiger partial charge in [-0.3, -0.25) is 5.10 Å². The summed E-state index contributed by atoms with van der Waals surface area (Å²) in [6, 6.07) is 4.30. The van der Waals surface area contributed by atoms with Gasteiger partial charge in [0.25, 0.3) is 0 Å². The molecule has 0 bridgehead atoms.